The zero-order chi connectivity index (χ0) is 22.9. The molecule has 1 atom stereocenters. The number of nitro benzene ring substituents is 1. The Bertz CT molecular complexity index is 997. The van der Waals surface area contributed by atoms with E-state index in [9.17, 15) is 14.9 Å². The number of carbonyl (C=O) groups is 1. The third-order valence-corrected chi connectivity index (χ3v) is 5.64. The van der Waals surface area contributed by atoms with Crippen LogP contribution in [0.4, 0.5) is 16.2 Å². The number of nitro groups is 1. The van der Waals surface area contributed by atoms with Gasteiger partial charge in [0.25, 0.3) is 5.69 Å². The van der Waals surface area contributed by atoms with Crippen LogP contribution in [0, 0.1) is 16.0 Å². The molecule has 10 heteroatoms. The topological polar surface area (TPSA) is 120 Å². The molecule has 3 aliphatic rings. The lowest BCUT2D eigenvalue weighted by molar-refractivity contribution is -0.383. The number of fused-ring (bicyclic) bond motifs is 3. The van der Waals surface area contributed by atoms with Gasteiger partial charge in [-0.2, -0.15) is 0 Å². The van der Waals surface area contributed by atoms with E-state index in [-0.39, 0.29) is 17.5 Å². The summed E-state index contributed by atoms with van der Waals surface area (Å²) in [4.78, 5) is 34.0. The molecule has 32 heavy (non-hydrogen) atoms. The standard InChI is InChI=1S/C22H27N5O5/c1-22(2,3)32-21(28)25-17-5-4-15(10-18(17)27(29)30)16-11-23-20(24-12-16)31-19-13-26-8-6-14(19)7-9-26/h4-5,10-12,14,19H,6-9,13H2,1-3H3,(H,25,28)/t19-/m0/s1. The largest absolute Gasteiger partial charge is 0.458 e. The van der Waals surface area contributed by atoms with Crippen molar-refractivity contribution in [3.05, 3.63) is 40.7 Å². The van der Waals surface area contributed by atoms with Gasteiger partial charge in [-0.05, 0) is 64.3 Å². The van der Waals surface area contributed by atoms with Crippen molar-refractivity contribution in [2.24, 2.45) is 5.92 Å². The molecule has 3 aliphatic heterocycles. The van der Waals surface area contributed by atoms with Gasteiger partial charge in [0.05, 0.1) is 4.92 Å². The van der Waals surface area contributed by atoms with Crippen molar-refractivity contribution in [3.8, 4) is 17.1 Å². The molecule has 5 rings (SSSR count). The maximum absolute atomic E-state index is 12.0. The molecule has 1 N–H and O–H groups in total. The normalized spacial score (nSPS) is 22.3. The first-order valence-electron chi connectivity index (χ1n) is 10.7. The molecular weight excluding hydrogens is 414 g/mol. The smallest absolute Gasteiger partial charge is 0.412 e. The van der Waals surface area contributed by atoms with Crippen LogP contribution in [-0.4, -0.2) is 57.2 Å². The molecule has 2 aromatic rings. The van der Waals surface area contributed by atoms with E-state index in [1.54, 1.807) is 39.2 Å². The van der Waals surface area contributed by atoms with Crippen LogP contribution in [0.5, 0.6) is 6.01 Å². The van der Waals surface area contributed by atoms with E-state index in [0.717, 1.165) is 32.5 Å². The Morgan fingerprint density at radius 2 is 1.88 bits per heavy atom. The molecule has 1 aromatic carbocycles. The maximum Gasteiger partial charge on any atom is 0.412 e. The quantitative estimate of drug-likeness (QED) is 0.548. The van der Waals surface area contributed by atoms with E-state index in [0.29, 0.717) is 23.1 Å². The van der Waals surface area contributed by atoms with Crippen LogP contribution in [0.2, 0.25) is 0 Å². The van der Waals surface area contributed by atoms with Crippen molar-refractivity contribution in [1.82, 2.24) is 14.9 Å². The fourth-order valence-electron chi connectivity index (χ4n) is 4.09. The number of carbonyl (C=O) groups excluding carboxylic acids is 1. The van der Waals surface area contributed by atoms with Gasteiger partial charge in [0.15, 0.2) is 0 Å². The van der Waals surface area contributed by atoms with Gasteiger partial charge in [-0.1, -0.05) is 6.07 Å². The van der Waals surface area contributed by atoms with Crippen molar-refractivity contribution < 1.29 is 19.2 Å². The molecular formula is C22H27N5O5. The lowest BCUT2D eigenvalue weighted by atomic mass is 9.86. The van der Waals surface area contributed by atoms with Crippen molar-refractivity contribution in [2.75, 3.05) is 25.0 Å². The van der Waals surface area contributed by atoms with E-state index < -0.39 is 16.6 Å². The van der Waals surface area contributed by atoms with Crippen LogP contribution in [0.15, 0.2) is 30.6 Å². The Labute approximate surface area is 186 Å². The van der Waals surface area contributed by atoms with Crippen LogP contribution in [0.1, 0.15) is 33.6 Å². The van der Waals surface area contributed by atoms with E-state index >= 15 is 0 Å². The van der Waals surface area contributed by atoms with Crippen molar-refractivity contribution in [2.45, 2.75) is 45.3 Å². The minimum atomic E-state index is -0.758. The molecule has 1 amide bonds. The van der Waals surface area contributed by atoms with Crippen LogP contribution in [0.3, 0.4) is 0 Å². The summed E-state index contributed by atoms with van der Waals surface area (Å²) in [5.74, 6) is 0.538. The fraction of sp³-hybridized carbons (Fsp3) is 0.500. The molecule has 1 aromatic heterocycles. The maximum atomic E-state index is 12.0. The van der Waals surface area contributed by atoms with E-state index in [1.807, 2.05) is 0 Å². The lowest BCUT2D eigenvalue weighted by Gasteiger charge is -2.43. The van der Waals surface area contributed by atoms with Gasteiger partial charge in [-0.15, -0.1) is 0 Å². The Balaban J connectivity index is 1.47. The summed E-state index contributed by atoms with van der Waals surface area (Å²) in [6, 6.07) is 4.81. The minimum Gasteiger partial charge on any atom is -0.458 e. The zero-order valence-electron chi connectivity index (χ0n) is 18.4. The summed E-state index contributed by atoms with van der Waals surface area (Å²) >= 11 is 0. The summed E-state index contributed by atoms with van der Waals surface area (Å²) in [5.41, 5.74) is 0.255. The van der Waals surface area contributed by atoms with Gasteiger partial charge in [0.1, 0.15) is 17.4 Å². The van der Waals surface area contributed by atoms with Crippen LogP contribution >= 0.6 is 0 Å². The second kappa shape index (κ2) is 8.70. The first kappa shape index (κ1) is 21.9. The summed E-state index contributed by atoms with van der Waals surface area (Å²) < 4.78 is 11.2. The Morgan fingerprint density at radius 3 is 2.44 bits per heavy atom. The molecule has 4 heterocycles. The Morgan fingerprint density at radius 1 is 1.19 bits per heavy atom. The number of nitrogens with one attached hydrogen (secondary N) is 1. The number of hydrogen-bond donors (Lipinski definition) is 1. The van der Waals surface area contributed by atoms with Crippen LogP contribution in [0.25, 0.3) is 11.1 Å². The minimum absolute atomic E-state index is 0.0521. The Kier molecular flexibility index (Phi) is 5.96. The molecule has 0 aliphatic carbocycles. The van der Waals surface area contributed by atoms with Crippen LogP contribution < -0.4 is 10.1 Å². The van der Waals surface area contributed by atoms with E-state index in [4.69, 9.17) is 9.47 Å². The molecule has 3 saturated heterocycles. The fourth-order valence-corrected chi connectivity index (χ4v) is 4.09. The molecule has 2 bridgehead atoms. The summed E-state index contributed by atoms with van der Waals surface area (Å²) in [7, 11) is 0. The number of hydrogen-bond acceptors (Lipinski definition) is 8. The summed E-state index contributed by atoms with van der Waals surface area (Å²) in [6.07, 6.45) is 4.79. The van der Waals surface area contributed by atoms with Gasteiger partial charge in [-0.25, -0.2) is 14.8 Å². The molecule has 170 valence electrons. The third kappa shape index (κ3) is 5.13. The predicted molar refractivity (Wildman–Crippen MR) is 118 cm³/mol. The van der Waals surface area contributed by atoms with Crippen molar-refractivity contribution in [1.29, 1.82) is 0 Å². The van der Waals surface area contributed by atoms with Gasteiger partial charge < -0.3 is 9.47 Å². The lowest BCUT2D eigenvalue weighted by Crippen LogP contribution is -2.52. The number of ether oxygens (including phenoxy) is 2. The number of anilines is 1. The number of rotatable bonds is 5. The van der Waals surface area contributed by atoms with Crippen LogP contribution in [-0.2, 0) is 4.74 Å². The van der Waals surface area contributed by atoms with Gasteiger partial charge >= 0.3 is 12.1 Å². The number of benzene rings is 1. The highest BCUT2D eigenvalue weighted by atomic mass is 16.6. The van der Waals surface area contributed by atoms with E-state index in [1.165, 1.54) is 12.1 Å². The van der Waals surface area contributed by atoms with Crippen molar-refractivity contribution in [3.63, 3.8) is 0 Å². The molecule has 0 saturated carbocycles. The highest BCUT2D eigenvalue weighted by Gasteiger charge is 2.36. The predicted octanol–water partition coefficient (Wildman–Crippen LogP) is 3.87. The molecule has 3 fully saturated rings. The Hall–Kier alpha value is -3.27. The average Bonchev–Trinajstić information content (AvgIpc) is 2.74. The average molecular weight is 441 g/mol. The summed E-state index contributed by atoms with van der Waals surface area (Å²) in [5, 5.41) is 14.0. The van der Waals surface area contributed by atoms with Gasteiger partial charge in [-0.3, -0.25) is 20.3 Å². The third-order valence-electron chi connectivity index (χ3n) is 5.64. The second-order valence-electron chi connectivity index (χ2n) is 9.16. The van der Waals surface area contributed by atoms with Gasteiger partial charge in [0.2, 0.25) is 0 Å². The van der Waals surface area contributed by atoms with Crippen molar-refractivity contribution >= 4 is 17.5 Å². The number of nitrogens with zero attached hydrogens (tertiary/aromatic N) is 4. The summed E-state index contributed by atoms with van der Waals surface area (Å²) in [6.45, 7) is 8.30. The highest BCUT2D eigenvalue weighted by Crippen LogP contribution is 2.32. The number of piperidine rings is 3. The van der Waals surface area contributed by atoms with E-state index in [2.05, 4.69) is 20.2 Å². The monoisotopic (exact) mass is 441 g/mol. The zero-order valence-corrected chi connectivity index (χ0v) is 18.4. The molecule has 0 radical (unpaired) electrons. The number of amides is 1. The molecule has 0 spiro atoms. The first-order chi connectivity index (χ1) is 15.2. The number of aromatic nitrogens is 2. The molecule has 0 unspecified atom stereocenters. The first-order valence-corrected chi connectivity index (χ1v) is 10.7. The second-order valence-corrected chi connectivity index (χ2v) is 9.16. The molecule has 10 nitrogen and oxygen atoms in total. The van der Waals surface area contributed by atoms with Gasteiger partial charge in [0, 0.05) is 30.6 Å². The highest BCUT2D eigenvalue weighted by molar-refractivity contribution is 5.89. The SMILES string of the molecule is CC(C)(C)OC(=O)Nc1ccc(-c2cnc(O[C@H]3CN4CCC3CC4)nc2)cc1[N+](=O)[O-].